The molecule has 2 heterocycles. The van der Waals surface area contributed by atoms with Gasteiger partial charge in [-0.05, 0) is 61.4 Å². The van der Waals surface area contributed by atoms with E-state index in [4.69, 9.17) is 0 Å². The van der Waals surface area contributed by atoms with Crippen molar-refractivity contribution < 1.29 is 4.79 Å². The molecule has 6 nitrogen and oxygen atoms in total. The second kappa shape index (κ2) is 8.14. The molecule has 4 rings (SSSR count). The first kappa shape index (κ1) is 18.7. The van der Waals surface area contributed by atoms with Gasteiger partial charge in [0.15, 0.2) is 0 Å². The monoisotopic (exact) mass is 385 g/mol. The summed E-state index contributed by atoms with van der Waals surface area (Å²) in [5.74, 6) is -0.0950. The minimum absolute atomic E-state index is 0.0950. The summed E-state index contributed by atoms with van der Waals surface area (Å²) in [5, 5.41) is 11.7. The molecule has 1 N–H and O–H groups in total. The number of benzene rings is 2. The van der Waals surface area contributed by atoms with E-state index in [2.05, 4.69) is 27.6 Å². The molecule has 6 heteroatoms. The van der Waals surface area contributed by atoms with Gasteiger partial charge in [-0.1, -0.05) is 24.3 Å². The average Bonchev–Trinajstić information content (AvgIpc) is 3.35. The van der Waals surface area contributed by atoms with Crippen molar-refractivity contribution in [3.63, 3.8) is 0 Å². The van der Waals surface area contributed by atoms with Crippen LogP contribution in [0.25, 0.3) is 5.69 Å². The minimum atomic E-state index is -0.0950. The number of aromatic nitrogens is 4. The van der Waals surface area contributed by atoms with Gasteiger partial charge in [0.25, 0.3) is 5.91 Å². The summed E-state index contributed by atoms with van der Waals surface area (Å²) in [6.07, 6.45) is 3.70. The third-order valence-electron chi connectivity index (χ3n) is 4.73. The van der Waals surface area contributed by atoms with Crippen LogP contribution in [0.4, 0.5) is 0 Å². The summed E-state index contributed by atoms with van der Waals surface area (Å²) in [5.41, 5.74) is 5.81. The van der Waals surface area contributed by atoms with E-state index in [0.29, 0.717) is 18.7 Å². The van der Waals surface area contributed by atoms with Crippen molar-refractivity contribution in [1.82, 2.24) is 24.9 Å². The number of hydrogen-bond acceptors (Lipinski definition) is 3. The van der Waals surface area contributed by atoms with Gasteiger partial charge >= 0.3 is 0 Å². The van der Waals surface area contributed by atoms with Gasteiger partial charge in [0.05, 0.1) is 17.9 Å². The van der Waals surface area contributed by atoms with Gasteiger partial charge in [-0.2, -0.15) is 10.2 Å². The highest BCUT2D eigenvalue weighted by molar-refractivity contribution is 5.94. The van der Waals surface area contributed by atoms with Crippen molar-refractivity contribution >= 4 is 5.91 Å². The maximum Gasteiger partial charge on any atom is 0.251 e. The molecular formula is C23H23N5O. The Balaban J connectivity index is 1.39. The van der Waals surface area contributed by atoms with Crippen LogP contribution in [0.5, 0.6) is 0 Å². The Labute approximate surface area is 169 Å². The molecule has 0 radical (unpaired) electrons. The Hall–Kier alpha value is -3.67. The first-order valence-electron chi connectivity index (χ1n) is 9.55. The van der Waals surface area contributed by atoms with E-state index in [1.54, 1.807) is 6.20 Å². The summed E-state index contributed by atoms with van der Waals surface area (Å²) in [6.45, 7) is 5.17. The quantitative estimate of drug-likeness (QED) is 0.551. The van der Waals surface area contributed by atoms with Gasteiger partial charge in [0.1, 0.15) is 0 Å². The van der Waals surface area contributed by atoms with Gasteiger partial charge < -0.3 is 5.32 Å². The Bertz CT molecular complexity index is 1110. The molecule has 0 saturated carbocycles. The molecule has 0 bridgehead atoms. The zero-order chi connectivity index (χ0) is 20.2. The molecule has 0 atom stereocenters. The molecule has 2 aromatic heterocycles. The van der Waals surface area contributed by atoms with Gasteiger partial charge in [-0.25, -0.2) is 4.68 Å². The average molecular weight is 385 g/mol. The lowest BCUT2D eigenvalue weighted by atomic mass is 10.1. The number of carbonyl (C=O) groups excluding carboxylic acids is 1. The minimum Gasteiger partial charge on any atom is -0.348 e. The lowest BCUT2D eigenvalue weighted by Crippen LogP contribution is -2.22. The summed E-state index contributed by atoms with van der Waals surface area (Å²) >= 11 is 0. The van der Waals surface area contributed by atoms with Crippen LogP contribution in [-0.2, 0) is 13.1 Å². The molecule has 0 aliphatic rings. The predicted octanol–water partition coefficient (Wildman–Crippen LogP) is 3.66. The molecule has 0 aliphatic carbocycles. The van der Waals surface area contributed by atoms with Crippen LogP contribution in [0.2, 0.25) is 0 Å². The molecule has 1 amide bonds. The fraction of sp³-hybridized carbons (Fsp3) is 0.174. The van der Waals surface area contributed by atoms with E-state index >= 15 is 0 Å². The second-order valence-electron chi connectivity index (χ2n) is 7.09. The SMILES string of the molecule is Cc1cc(C)n(-c2ccc(C(=O)NCc3cccc(Cn4cccn4)c3)cc2)n1. The summed E-state index contributed by atoms with van der Waals surface area (Å²) in [4.78, 5) is 12.5. The number of rotatable bonds is 6. The predicted molar refractivity (Wildman–Crippen MR) is 112 cm³/mol. The number of amides is 1. The Kier molecular flexibility index (Phi) is 5.24. The van der Waals surface area contributed by atoms with Crippen molar-refractivity contribution in [3.8, 4) is 5.69 Å². The lowest BCUT2D eigenvalue weighted by molar-refractivity contribution is 0.0951. The van der Waals surface area contributed by atoms with E-state index < -0.39 is 0 Å². The molecule has 0 aliphatic heterocycles. The van der Waals surface area contributed by atoms with Crippen LogP contribution in [0.3, 0.4) is 0 Å². The van der Waals surface area contributed by atoms with E-state index in [9.17, 15) is 4.79 Å². The topological polar surface area (TPSA) is 64.7 Å². The van der Waals surface area contributed by atoms with Crippen LogP contribution in [0, 0.1) is 13.8 Å². The maximum absolute atomic E-state index is 12.5. The van der Waals surface area contributed by atoms with E-state index in [1.165, 1.54) is 0 Å². The van der Waals surface area contributed by atoms with Crippen LogP contribution in [0.1, 0.15) is 32.9 Å². The Morgan fingerprint density at radius 2 is 1.79 bits per heavy atom. The fourth-order valence-corrected chi connectivity index (χ4v) is 3.35. The van der Waals surface area contributed by atoms with Gasteiger partial charge in [-0.15, -0.1) is 0 Å². The molecule has 0 saturated heterocycles. The van der Waals surface area contributed by atoms with Crippen LogP contribution in [-0.4, -0.2) is 25.5 Å². The number of nitrogens with zero attached hydrogens (tertiary/aromatic N) is 4. The van der Waals surface area contributed by atoms with Crippen LogP contribution < -0.4 is 5.32 Å². The van der Waals surface area contributed by atoms with Gasteiger partial charge in [-0.3, -0.25) is 9.48 Å². The van der Waals surface area contributed by atoms with Crippen LogP contribution >= 0.6 is 0 Å². The molecule has 2 aromatic carbocycles. The van der Waals surface area contributed by atoms with Crippen molar-refractivity contribution in [1.29, 1.82) is 0 Å². The van der Waals surface area contributed by atoms with Crippen molar-refractivity contribution in [2.24, 2.45) is 0 Å². The molecule has 0 unspecified atom stereocenters. The second-order valence-corrected chi connectivity index (χ2v) is 7.09. The highest BCUT2D eigenvalue weighted by Gasteiger charge is 2.08. The largest absolute Gasteiger partial charge is 0.348 e. The maximum atomic E-state index is 12.5. The van der Waals surface area contributed by atoms with E-state index in [0.717, 1.165) is 28.2 Å². The molecular weight excluding hydrogens is 362 g/mol. The third-order valence-corrected chi connectivity index (χ3v) is 4.73. The Morgan fingerprint density at radius 3 is 2.48 bits per heavy atom. The number of aryl methyl sites for hydroxylation is 2. The summed E-state index contributed by atoms with van der Waals surface area (Å²) in [7, 11) is 0. The van der Waals surface area contributed by atoms with Crippen LogP contribution in [0.15, 0.2) is 73.1 Å². The molecule has 0 fully saturated rings. The number of carbonyl (C=O) groups is 1. The third kappa shape index (κ3) is 4.43. The normalized spacial score (nSPS) is 10.8. The first-order chi connectivity index (χ1) is 14.1. The molecule has 146 valence electrons. The first-order valence-corrected chi connectivity index (χ1v) is 9.55. The molecule has 4 aromatic rings. The Morgan fingerprint density at radius 1 is 1.00 bits per heavy atom. The summed E-state index contributed by atoms with van der Waals surface area (Å²) in [6, 6.07) is 19.6. The zero-order valence-electron chi connectivity index (χ0n) is 16.5. The fourth-order valence-electron chi connectivity index (χ4n) is 3.35. The van der Waals surface area contributed by atoms with Gasteiger partial charge in [0, 0.05) is 30.2 Å². The highest BCUT2D eigenvalue weighted by Crippen LogP contribution is 2.13. The van der Waals surface area contributed by atoms with Crippen molar-refractivity contribution in [2.75, 3.05) is 0 Å². The molecule has 29 heavy (non-hydrogen) atoms. The van der Waals surface area contributed by atoms with Gasteiger partial charge in [0.2, 0.25) is 0 Å². The number of nitrogens with one attached hydrogen (secondary N) is 1. The molecule has 0 spiro atoms. The van der Waals surface area contributed by atoms with E-state index in [1.807, 2.05) is 77.9 Å². The van der Waals surface area contributed by atoms with Crippen molar-refractivity contribution in [2.45, 2.75) is 26.9 Å². The smallest absolute Gasteiger partial charge is 0.251 e. The van der Waals surface area contributed by atoms with Crippen molar-refractivity contribution in [3.05, 3.63) is 101 Å². The highest BCUT2D eigenvalue weighted by atomic mass is 16.1. The lowest BCUT2D eigenvalue weighted by Gasteiger charge is -2.09. The summed E-state index contributed by atoms with van der Waals surface area (Å²) < 4.78 is 3.75. The standard InChI is InChI=1S/C23H23N5O/c1-17-13-18(2)28(26-17)22-9-7-21(8-10-22)23(29)24-15-19-5-3-6-20(14-19)16-27-12-4-11-25-27/h3-14H,15-16H2,1-2H3,(H,24,29). The van der Waals surface area contributed by atoms with E-state index in [-0.39, 0.29) is 5.91 Å². The number of hydrogen-bond donors (Lipinski definition) is 1. The zero-order valence-corrected chi connectivity index (χ0v) is 16.5.